The summed E-state index contributed by atoms with van der Waals surface area (Å²) in [6.45, 7) is 0. The van der Waals surface area contributed by atoms with Gasteiger partial charge in [-0.15, -0.1) is 0 Å². The van der Waals surface area contributed by atoms with Gasteiger partial charge in [0.25, 0.3) is 0 Å². The van der Waals surface area contributed by atoms with Crippen molar-refractivity contribution >= 4 is 16.9 Å². The SMILES string of the molecule is COc1cc2nc(N)c(-c3ccncc3)nc2cc1OC. The van der Waals surface area contributed by atoms with Crippen LogP contribution < -0.4 is 15.2 Å². The minimum absolute atomic E-state index is 0.362. The molecular weight excluding hydrogens is 268 g/mol. The van der Waals surface area contributed by atoms with Crippen LogP contribution in [0.3, 0.4) is 0 Å². The van der Waals surface area contributed by atoms with E-state index in [2.05, 4.69) is 15.0 Å². The van der Waals surface area contributed by atoms with Crippen LogP contribution in [0.2, 0.25) is 0 Å². The number of benzene rings is 1. The number of nitrogen functional groups attached to an aromatic ring is 1. The van der Waals surface area contributed by atoms with Crippen LogP contribution in [0.1, 0.15) is 0 Å². The molecule has 0 aliphatic rings. The third-order valence-corrected chi connectivity index (χ3v) is 3.15. The molecule has 0 saturated carbocycles. The summed E-state index contributed by atoms with van der Waals surface area (Å²) in [6.07, 6.45) is 3.38. The van der Waals surface area contributed by atoms with Crippen LogP contribution in [0.5, 0.6) is 11.5 Å². The lowest BCUT2D eigenvalue weighted by Gasteiger charge is -2.10. The van der Waals surface area contributed by atoms with Gasteiger partial charge in [-0.05, 0) is 12.1 Å². The van der Waals surface area contributed by atoms with Gasteiger partial charge >= 0.3 is 0 Å². The smallest absolute Gasteiger partial charge is 0.163 e. The van der Waals surface area contributed by atoms with Crippen molar-refractivity contribution in [2.45, 2.75) is 0 Å². The minimum atomic E-state index is 0.362. The van der Waals surface area contributed by atoms with Gasteiger partial charge in [-0.25, -0.2) is 9.97 Å². The third-order valence-electron chi connectivity index (χ3n) is 3.15. The lowest BCUT2D eigenvalue weighted by Crippen LogP contribution is -2.00. The Morgan fingerprint density at radius 3 is 2.05 bits per heavy atom. The van der Waals surface area contributed by atoms with Crippen molar-refractivity contribution in [2.24, 2.45) is 0 Å². The van der Waals surface area contributed by atoms with Gasteiger partial charge < -0.3 is 15.2 Å². The van der Waals surface area contributed by atoms with Gasteiger partial charge in [-0.1, -0.05) is 0 Å². The average molecular weight is 282 g/mol. The van der Waals surface area contributed by atoms with Crippen LogP contribution in [0.25, 0.3) is 22.3 Å². The molecular formula is C15H14N4O2. The van der Waals surface area contributed by atoms with Crippen LogP contribution in [-0.4, -0.2) is 29.2 Å². The maximum absolute atomic E-state index is 6.01. The maximum atomic E-state index is 6.01. The zero-order valence-electron chi connectivity index (χ0n) is 11.7. The summed E-state index contributed by atoms with van der Waals surface area (Å²) in [7, 11) is 3.16. The normalized spacial score (nSPS) is 10.6. The second-order valence-corrected chi connectivity index (χ2v) is 4.39. The van der Waals surface area contributed by atoms with Crippen LogP contribution in [0, 0.1) is 0 Å². The monoisotopic (exact) mass is 282 g/mol. The van der Waals surface area contributed by atoms with Crippen molar-refractivity contribution in [3.8, 4) is 22.8 Å². The third kappa shape index (κ3) is 2.31. The molecule has 0 unspecified atom stereocenters. The fourth-order valence-electron chi connectivity index (χ4n) is 2.12. The van der Waals surface area contributed by atoms with E-state index in [4.69, 9.17) is 15.2 Å². The first-order valence-corrected chi connectivity index (χ1v) is 6.32. The first-order chi connectivity index (χ1) is 10.2. The number of pyridine rings is 1. The first kappa shape index (κ1) is 13.1. The molecule has 21 heavy (non-hydrogen) atoms. The quantitative estimate of drug-likeness (QED) is 0.793. The number of anilines is 1. The van der Waals surface area contributed by atoms with E-state index in [9.17, 15) is 0 Å². The number of rotatable bonds is 3. The molecule has 0 spiro atoms. The van der Waals surface area contributed by atoms with Crippen molar-refractivity contribution in [3.05, 3.63) is 36.7 Å². The summed E-state index contributed by atoms with van der Waals surface area (Å²) < 4.78 is 10.5. The van der Waals surface area contributed by atoms with E-state index in [1.807, 2.05) is 12.1 Å². The molecule has 6 heteroatoms. The summed E-state index contributed by atoms with van der Waals surface area (Å²) in [5.41, 5.74) is 8.85. The van der Waals surface area contributed by atoms with Gasteiger partial charge in [0.05, 0.1) is 25.3 Å². The van der Waals surface area contributed by atoms with Gasteiger partial charge in [-0.3, -0.25) is 4.98 Å². The maximum Gasteiger partial charge on any atom is 0.163 e. The molecule has 0 fully saturated rings. The van der Waals surface area contributed by atoms with E-state index in [0.29, 0.717) is 34.0 Å². The summed E-state index contributed by atoms with van der Waals surface area (Å²) in [4.78, 5) is 13.0. The molecule has 0 amide bonds. The highest BCUT2D eigenvalue weighted by Gasteiger charge is 2.12. The Kier molecular flexibility index (Phi) is 3.27. The number of methoxy groups -OCH3 is 2. The van der Waals surface area contributed by atoms with Gasteiger partial charge in [0.1, 0.15) is 5.69 Å². The summed E-state index contributed by atoms with van der Waals surface area (Å²) in [5.74, 6) is 1.56. The summed E-state index contributed by atoms with van der Waals surface area (Å²) in [5, 5.41) is 0. The number of nitrogens with zero attached hydrogens (tertiary/aromatic N) is 3. The largest absolute Gasteiger partial charge is 0.493 e. The van der Waals surface area contributed by atoms with Gasteiger partial charge in [0.15, 0.2) is 17.3 Å². The van der Waals surface area contributed by atoms with Crippen molar-refractivity contribution < 1.29 is 9.47 Å². The molecule has 0 aliphatic heterocycles. The van der Waals surface area contributed by atoms with E-state index in [1.165, 1.54) is 0 Å². The van der Waals surface area contributed by atoms with Crippen LogP contribution in [0.4, 0.5) is 5.82 Å². The van der Waals surface area contributed by atoms with Crippen molar-refractivity contribution in [1.82, 2.24) is 15.0 Å². The molecule has 106 valence electrons. The van der Waals surface area contributed by atoms with Crippen molar-refractivity contribution in [3.63, 3.8) is 0 Å². The number of nitrogens with two attached hydrogens (primary N) is 1. The van der Waals surface area contributed by atoms with Crippen LogP contribution >= 0.6 is 0 Å². The summed E-state index contributed by atoms with van der Waals surface area (Å²) in [6, 6.07) is 7.22. The predicted octanol–water partition coefficient (Wildman–Crippen LogP) is 2.29. The highest BCUT2D eigenvalue weighted by molar-refractivity contribution is 5.84. The molecule has 0 radical (unpaired) electrons. The Bertz CT molecular complexity index is 791. The van der Waals surface area contributed by atoms with E-state index in [0.717, 1.165) is 5.56 Å². The molecule has 6 nitrogen and oxygen atoms in total. The lowest BCUT2D eigenvalue weighted by molar-refractivity contribution is 0.355. The molecule has 0 atom stereocenters. The second-order valence-electron chi connectivity index (χ2n) is 4.39. The number of aromatic nitrogens is 3. The predicted molar refractivity (Wildman–Crippen MR) is 80.3 cm³/mol. The lowest BCUT2D eigenvalue weighted by atomic mass is 10.1. The fraction of sp³-hybridized carbons (Fsp3) is 0.133. The van der Waals surface area contributed by atoms with E-state index >= 15 is 0 Å². The van der Waals surface area contributed by atoms with Crippen LogP contribution in [-0.2, 0) is 0 Å². The Morgan fingerprint density at radius 1 is 0.905 bits per heavy atom. The molecule has 2 N–H and O–H groups in total. The number of ether oxygens (including phenoxy) is 2. The van der Waals surface area contributed by atoms with Gasteiger partial charge in [-0.2, -0.15) is 0 Å². The molecule has 0 saturated heterocycles. The topological polar surface area (TPSA) is 83.2 Å². The molecule has 0 bridgehead atoms. The number of fused-ring (bicyclic) bond motifs is 1. The highest BCUT2D eigenvalue weighted by Crippen LogP contribution is 2.33. The minimum Gasteiger partial charge on any atom is -0.493 e. The van der Waals surface area contributed by atoms with Gasteiger partial charge in [0, 0.05) is 30.1 Å². The van der Waals surface area contributed by atoms with E-state index in [1.54, 1.807) is 38.7 Å². The Hall–Kier alpha value is -2.89. The molecule has 0 aliphatic carbocycles. The number of hydrogen-bond donors (Lipinski definition) is 1. The van der Waals surface area contributed by atoms with E-state index < -0.39 is 0 Å². The molecule has 2 aromatic heterocycles. The Balaban J connectivity index is 2.23. The van der Waals surface area contributed by atoms with Crippen molar-refractivity contribution in [1.29, 1.82) is 0 Å². The van der Waals surface area contributed by atoms with E-state index in [-0.39, 0.29) is 0 Å². The zero-order valence-corrected chi connectivity index (χ0v) is 11.7. The zero-order chi connectivity index (χ0) is 14.8. The average Bonchev–Trinajstić information content (AvgIpc) is 2.53. The summed E-state index contributed by atoms with van der Waals surface area (Å²) >= 11 is 0. The second kappa shape index (κ2) is 5.24. The molecule has 3 rings (SSSR count). The van der Waals surface area contributed by atoms with Crippen LogP contribution in [0.15, 0.2) is 36.7 Å². The molecule has 1 aromatic carbocycles. The Morgan fingerprint density at radius 2 is 1.48 bits per heavy atom. The molecule has 2 heterocycles. The number of hydrogen-bond acceptors (Lipinski definition) is 6. The van der Waals surface area contributed by atoms with Crippen molar-refractivity contribution in [2.75, 3.05) is 20.0 Å². The Labute approximate surface area is 121 Å². The standard InChI is InChI=1S/C15H14N4O2/c1-20-12-7-10-11(8-13(12)21-2)19-15(16)14(18-10)9-3-5-17-6-4-9/h3-8H,1-2H3,(H2,16,19). The first-order valence-electron chi connectivity index (χ1n) is 6.32. The molecule has 3 aromatic rings. The van der Waals surface area contributed by atoms with Gasteiger partial charge in [0.2, 0.25) is 0 Å². The highest BCUT2D eigenvalue weighted by atomic mass is 16.5. The fourth-order valence-corrected chi connectivity index (χ4v) is 2.12.